The molecule has 9 nitrogen and oxygen atoms in total. The molecule has 34 heavy (non-hydrogen) atoms. The number of hydrogen-bond acceptors (Lipinski definition) is 7. The minimum absolute atomic E-state index is 0.113. The fraction of sp³-hybridized carbons (Fsp3) is 0.320. The summed E-state index contributed by atoms with van der Waals surface area (Å²) in [5.74, 6) is -0.727. The van der Waals surface area contributed by atoms with E-state index in [1.54, 1.807) is 60.7 Å². The van der Waals surface area contributed by atoms with Crippen LogP contribution < -0.4 is 15.5 Å². The summed E-state index contributed by atoms with van der Waals surface area (Å²) in [6, 6.07) is 15.3. The van der Waals surface area contributed by atoms with Crippen LogP contribution in [0, 0.1) is 5.41 Å². The van der Waals surface area contributed by atoms with Crippen LogP contribution in [0.25, 0.3) is 0 Å². The Bertz CT molecular complexity index is 990. The second-order valence-corrected chi connectivity index (χ2v) is 8.16. The molecule has 0 aliphatic rings. The van der Waals surface area contributed by atoms with E-state index in [2.05, 4.69) is 5.32 Å². The number of carbonyl (C=O) groups excluding carboxylic acids is 3. The summed E-state index contributed by atoms with van der Waals surface area (Å²) >= 11 is 0. The van der Waals surface area contributed by atoms with Gasteiger partial charge in [0, 0.05) is 17.1 Å². The third-order valence-electron chi connectivity index (χ3n) is 5.04. The molecule has 2 aromatic carbocycles. The van der Waals surface area contributed by atoms with Crippen molar-refractivity contribution in [2.24, 2.45) is 5.41 Å². The Labute approximate surface area is 198 Å². The van der Waals surface area contributed by atoms with E-state index < -0.39 is 29.4 Å². The van der Waals surface area contributed by atoms with E-state index in [0.29, 0.717) is 29.7 Å². The van der Waals surface area contributed by atoms with Crippen LogP contribution in [-0.2, 0) is 9.53 Å². The monoisotopic (exact) mass is 470 g/mol. The molecule has 3 amide bonds. The Morgan fingerprint density at radius 1 is 1.09 bits per heavy atom. The highest BCUT2D eigenvalue weighted by Gasteiger charge is 2.34. The molecule has 0 saturated carbocycles. The summed E-state index contributed by atoms with van der Waals surface area (Å²) in [6.45, 7) is 3.76. The fourth-order valence-electron chi connectivity index (χ4n) is 3.31. The van der Waals surface area contributed by atoms with Crippen LogP contribution in [0.5, 0.6) is 5.75 Å². The van der Waals surface area contributed by atoms with Gasteiger partial charge in [-0.1, -0.05) is 50.3 Å². The summed E-state index contributed by atoms with van der Waals surface area (Å²) < 4.78 is 11.2. The molecule has 0 aliphatic carbocycles. The molecule has 0 unspecified atom stereocenters. The Morgan fingerprint density at radius 2 is 1.82 bits per heavy atom. The van der Waals surface area contributed by atoms with Gasteiger partial charge in [-0.2, -0.15) is 0 Å². The molecular weight excluding hydrogens is 440 g/mol. The molecule has 2 rings (SSSR count). The normalized spacial score (nSPS) is 12.1. The van der Waals surface area contributed by atoms with E-state index in [9.17, 15) is 14.4 Å². The number of amides is 3. The van der Waals surface area contributed by atoms with Gasteiger partial charge in [-0.25, -0.2) is 10.3 Å². The number of allylic oxidation sites excluding steroid dienone is 1. The van der Waals surface area contributed by atoms with Crippen LogP contribution in [0.4, 0.5) is 4.79 Å². The summed E-state index contributed by atoms with van der Waals surface area (Å²) in [5, 5.41) is 19.9. The molecule has 0 bridgehead atoms. The van der Waals surface area contributed by atoms with Crippen LogP contribution in [-0.4, -0.2) is 41.4 Å². The van der Waals surface area contributed by atoms with Gasteiger partial charge in [0.1, 0.15) is 18.5 Å². The van der Waals surface area contributed by atoms with Crippen molar-refractivity contribution in [1.82, 2.24) is 10.8 Å². The van der Waals surface area contributed by atoms with E-state index in [4.69, 9.17) is 19.8 Å². The highest BCUT2D eigenvalue weighted by molar-refractivity contribution is 6.02. The summed E-state index contributed by atoms with van der Waals surface area (Å²) in [6.07, 6.45) is 2.11. The predicted octanol–water partition coefficient (Wildman–Crippen LogP) is 3.53. The number of ether oxygens (including phenoxy) is 2. The molecule has 0 aromatic heterocycles. The lowest BCUT2D eigenvalue weighted by atomic mass is 9.78. The quantitative estimate of drug-likeness (QED) is 0.224. The summed E-state index contributed by atoms with van der Waals surface area (Å²) in [7, 11) is 0. The molecule has 0 radical (unpaired) electrons. The van der Waals surface area contributed by atoms with Crippen molar-refractivity contribution >= 4 is 17.9 Å². The minimum atomic E-state index is -0.899. The second kappa shape index (κ2) is 13.1. The van der Waals surface area contributed by atoms with Crippen molar-refractivity contribution in [2.45, 2.75) is 32.8 Å². The average Bonchev–Trinajstić information content (AvgIpc) is 2.84. The van der Waals surface area contributed by atoms with E-state index in [-0.39, 0.29) is 13.2 Å². The first-order chi connectivity index (χ1) is 16.3. The van der Waals surface area contributed by atoms with Crippen LogP contribution in [0.15, 0.2) is 66.7 Å². The highest BCUT2D eigenvalue weighted by Crippen LogP contribution is 2.41. The number of hydrogen-bond donors (Lipinski definition) is 4. The van der Waals surface area contributed by atoms with Crippen molar-refractivity contribution in [3.8, 4) is 5.75 Å². The molecule has 4 N–H and O–H groups in total. The third-order valence-corrected chi connectivity index (χ3v) is 5.04. The van der Waals surface area contributed by atoms with Crippen molar-refractivity contribution in [2.75, 3.05) is 13.2 Å². The van der Waals surface area contributed by atoms with Crippen molar-refractivity contribution < 1.29 is 34.2 Å². The van der Waals surface area contributed by atoms with Crippen molar-refractivity contribution in [3.63, 3.8) is 0 Å². The van der Waals surface area contributed by atoms with Crippen LogP contribution in [0.3, 0.4) is 0 Å². The molecule has 0 aliphatic heterocycles. The number of aliphatic hydroxyl groups is 1. The molecule has 9 heteroatoms. The van der Waals surface area contributed by atoms with E-state index in [1.165, 1.54) is 11.6 Å². The van der Waals surface area contributed by atoms with Crippen LogP contribution >= 0.6 is 0 Å². The Morgan fingerprint density at radius 3 is 2.50 bits per heavy atom. The highest BCUT2D eigenvalue weighted by atomic mass is 16.6. The number of rotatable bonds is 11. The molecule has 0 fully saturated rings. The number of imide groups is 1. The maximum Gasteiger partial charge on any atom is 0.414 e. The first-order valence-electron chi connectivity index (χ1n) is 10.8. The second-order valence-electron chi connectivity index (χ2n) is 8.16. The lowest BCUT2D eigenvalue weighted by Crippen LogP contribution is -2.35. The molecule has 0 spiro atoms. The molecule has 1 atom stereocenters. The predicted molar refractivity (Wildman–Crippen MR) is 124 cm³/mol. The van der Waals surface area contributed by atoms with Gasteiger partial charge in [0.05, 0.1) is 6.61 Å². The van der Waals surface area contributed by atoms with Gasteiger partial charge in [-0.15, -0.1) is 0 Å². The van der Waals surface area contributed by atoms with Gasteiger partial charge in [-0.3, -0.25) is 20.1 Å². The first-order valence-corrected chi connectivity index (χ1v) is 10.8. The molecule has 2 aromatic rings. The number of hydroxylamine groups is 1. The summed E-state index contributed by atoms with van der Waals surface area (Å²) in [5.41, 5.74) is 1.86. The first kappa shape index (κ1) is 26.6. The third kappa shape index (κ3) is 8.34. The lowest BCUT2D eigenvalue weighted by molar-refractivity contribution is -0.124. The molecule has 182 valence electrons. The largest absolute Gasteiger partial charge is 0.491 e. The number of carbonyl (C=O) groups is 3. The summed E-state index contributed by atoms with van der Waals surface area (Å²) in [4.78, 5) is 36.2. The zero-order valence-electron chi connectivity index (χ0n) is 19.2. The number of alkyl carbamates (subject to hydrolysis) is 1. The van der Waals surface area contributed by atoms with Gasteiger partial charge < -0.3 is 14.6 Å². The van der Waals surface area contributed by atoms with E-state index >= 15 is 0 Å². The lowest BCUT2D eigenvalue weighted by Gasteiger charge is -2.34. The standard InChI is InChI=1S/C25H30N2O7/c1-25(2,14-7-6-13-21(29)27-32)22(19-11-8-12-20(17-19)33-16-15-28)34-24(31)26-23(30)18-9-4-3-5-10-18/h3-6,8-13,17,22,28,32H,7,14-16H2,1-2H3,(H,27,29)(H,26,30,31)/b13-6+/t22-/m1/s1. The maximum absolute atomic E-state index is 12.7. The molecular formula is C25H30N2O7. The average molecular weight is 471 g/mol. The molecule has 0 heterocycles. The van der Waals surface area contributed by atoms with Gasteiger partial charge in [-0.05, 0) is 42.7 Å². The Hall–Kier alpha value is -3.69. The zero-order valence-corrected chi connectivity index (χ0v) is 19.2. The Kier molecular flexibility index (Phi) is 10.3. The van der Waals surface area contributed by atoms with E-state index in [0.717, 1.165) is 0 Å². The van der Waals surface area contributed by atoms with Gasteiger partial charge in [0.15, 0.2) is 0 Å². The zero-order chi connectivity index (χ0) is 25.0. The number of benzene rings is 2. The van der Waals surface area contributed by atoms with Gasteiger partial charge in [0.25, 0.3) is 11.8 Å². The van der Waals surface area contributed by atoms with Gasteiger partial charge in [0.2, 0.25) is 0 Å². The SMILES string of the molecule is CC(C)(CC/C=C/C(=O)NO)[C@H](OC(=O)NC(=O)c1ccccc1)c1cccc(OCCO)c1. The van der Waals surface area contributed by atoms with Crippen molar-refractivity contribution in [3.05, 3.63) is 77.9 Å². The number of nitrogens with one attached hydrogen (secondary N) is 2. The smallest absolute Gasteiger partial charge is 0.414 e. The van der Waals surface area contributed by atoms with Crippen LogP contribution in [0.2, 0.25) is 0 Å². The van der Waals surface area contributed by atoms with Crippen molar-refractivity contribution in [1.29, 1.82) is 0 Å². The Balaban J connectivity index is 2.22. The topological polar surface area (TPSA) is 134 Å². The number of aliphatic hydroxyl groups excluding tert-OH is 1. The molecule has 0 saturated heterocycles. The van der Waals surface area contributed by atoms with Crippen LogP contribution in [0.1, 0.15) is 48.7 Å². The minimum Gasteiger partial charge on any atom is -0.491 e. The fourth-order valence-corrected chi connectivity index (χ4v) is 3.31. The van der Waals surface area contributed by atoms with Gasteiger partial charge >= 0.3 is 6.09 Å². The van der Waals surface area contributed by atoms with E-state index in [1.807, 2.05) is 13.8 Å². The maximum atomic E-state index is 12.7.